The topological polar surface area (TPSA) is 139 Å². The predicted molar refractivity (Wildman–Crippen MR) is 157 cm³/mol. The third kappa shape index (κ3) is 8.22. The van der Waals surface area contributed by atoms with Gasteiger partial charge in [0.25, 0.3) is 5.92 Å². The lowest BCUT2D eigenvalue weighted by Crippen LogP contribution is -2.58. The first-order valence-electron chi connectivity index (χ1n) is 13.4. The van der Waals surface area contributed by atoms with Crippen LogP contribution in [0, 0.1) is 0 Å². The van der Waals surface area contributed by atoms with Crippen molar-refractivity contribution in [3.8, 4) is 5.75 Å². The Morgan fingerprint density at radius 1 is 1.07 bits per heavy atom. The Hall–Kier alpha value is -3.93. The van der Waals surface area contributed by atoms with Crippen molar-refractivity contribution >= 4 is 42.8 Å². The number of aromatic nitrogens is 2. The Kier molecular flexibility index (Phi) is 10.3. The summed E-state index contributed by atoms with van der Waals surface area (Å²) in [4.78, 5) is 22.5. The average Bonchev–Trinajstić information content (AvgIpc) is 3.45. The highest BCUT2D eigenvalue weighted by atomic mass is 32.2. The SMILES string of the molecule is CCC(F)(F)c1ccc(CN)cc1.O=C(O)[C@H]1CN(c2nc3cccnc3s2)CCN1S(=O)(=O)c1ccc(OC(F)(F)F)cc1. The van der Waals surface area contributed by atoms with Gasteiger partial charge in [0.05, 0.1) is 4.90 Å². The molecule has 2 aromatic heterocycles. The number of benzene rings is 2. The number of rotatable bonds is 8. The molecular formula is C28H28F5N5O5S2. The van der Waals surface area contributed by atoms with E-state index in [0.717, 1.165) is 34.1 Å². The number of hydrogen-bond donors (Lipinski definition) is 2. The second-order valence-corrected chi connectivity index (χ2v) is 12.6. The summed E-state index contributed by atoms with van der Waals surface area (Å²) in [6.07, 6.45) is -3.48. The van der Waals surface area contributed by atoms with Gasteiger partial charge in [-0.05, 0) is 42.0 Å². The fraction of sp³-hybridized carbons (Fsp3) is 0.321. The number of sulfonamides is 1. The quantitative estimate of drug-likeness (QED) is 0.242. The molecule has 0 radical (unpaired) electrons. The van der Waals surface area contributed by atoms with Crippen molar-refractivity contribution in [2.75, 3.05) is 24.5 Å². The summed E-state index contributed by atoms with van der Waals surface area (Å²) in [5.74, 6) is -4.65. The molecule has 1 atom stereocenters. The van der Waals surface area contributed by atoms with Crippen molar-refractivity contribution in [2.45, 2.75) is 43.1 Å². The van der Waals surface area contributed by atoms with E-state index in [-0.39, 0.29) is 36.5 Å². The molecule has 1 saturated heterocycles. The lowest BCUT2D eigenvalue weighted by Gasteiger charge is -2.38. The van der Waals surface area contributed by atoms with Gasteiger partial charge in [-0.1, -0.05) is 42.5 Å². The van der Waals surface area contributed by atoms with E-state index in [4.69, 9.17) is 5.73 Å². The number of nitrogens with zero attached hydrogens (tertiary/aromatic N) is 4. The minimum Gasteiger partial charge on any atom is -0.480 e. The summed E-state index contributed by atoms with van der Waals surface area (Å²) in [7, 11) is -4.29. The maximum Gasteiger partial charge on any atom is 0.573 e. The molecule has 0 amide bonds. The third-order valence-electron chi connectivity index (χ3n) is 6.76. The molecule has 1 aliphatic heterocycles. The van der Waals surface area contributed by atoms with Crippen molar-refractivity contribution in [2.24, 2.45) is 5.73 Å². The molecule has 3 heterocycles. The molecule has 0 aliphatic carbocycles. The van der Waals surface area contributed by atoms with E-state index in [9.17, 15) is 40.3 Å². The highest BCUT2D eigenvalue weighted by molar-refractivity contribution is 7.89. The van der Waals surface area contributed by atoms with E-state index in [1.54, 1.807) is 35.4 Å². The number of carbonyl (C=O) groups is 1. The summed E-state index contributed by atoms with van der Waals surface area (Å²) < 4.78 is 93.8. The summed E-state index contributed by atoms with van der Waals surface area (Å²) in [6.45, 7) is 1.74. The second-order valence-electron chi connectivity index (χ2n) is 9.72. The summed E-state index contributed by atoms with van der Waals surface area (Å²) in [5, 5.41) is 10.2. The standard InChI is InChI=1S/C18H15F3N4O5S2.C10H13F2N/c19-18(20,21)30-11-3-5-12(6-4-11)32(28,29)25-9-8-24(10-14(25)16(26)27)17-23-13-2-1-7-22-15(13)31-17;1-2-10(11,12)9-5-3-8(7-13)4-6-9/h1-7,14H,8-10H2,(H,26,27);3-6H,2,7,13H2,1H3/t14-;/m1./s1. The number of aliphatic carboxylic acids is 1. The number of ether oxygens (including phenoxy) is 1. The van der Waals surface area contributed by atoms with Crippen LogP contribution in [0.15, 0.2) is 71.8 Å². The van der Waals surface area contributed by atoms with Crippen LogP contribution in [0.5, 0.6) is 5.75 Å². The van der Waals surface area contributed by atoms with Gasteiger partial charge in [0.1, 0.15) is 22.1 Å². The van der Waals surface area contributed by atoms with E-state index in [1.807, 2.05) is 0 Å². The van der Waals surface area contributed by atoms with Crippen LogP contribution in [0.2, 0.25) is 0 Å². The van der Waals surface area contributed by atoms with Crippen LogP contribution in [0.25, 0.3) is 10.3 Å². The monoisotopic (exact) mass is 673 g/mol. The Morgan fingerprint density at radius 2 is 1.73 bits per heavy atom. The van der Waals surface area contributed by atoms with Gasteiger partial charge in [-0.3, -0.25) is 4.79 Å². The minimum absolute atomic E-state index is 0.0622. The number of carboxylic acid groups (broad SMARTS) is 1. The molecule has 0 unspecified atom stereocenters. The number of halogens is 5. The fourth-order valence-electron chi connectivity index (χ4n) is 4.36. The van der Waals surface area contributed by atoms with Gasteiger partial charge in [-0.25, -0.2) is 27.2 Å². The van der Waals surface area contributed by atoms with E-state index >= 15 is 0 Å². The molecule has 10 nitrogen and oxygen atoms in total. The molecule has 3 N–H and O–H groups in total. The van der Waals surface area contributed by atoms with E-state index < -0.39 is 40.1 Å². The first-order chi connectivity index (χ1) is 21.1. The van der Waals surface area contributed by atoms with Crippen LogP contribution >= 0.6 is 11.3 Å². The maximum atomic E-state index is 13.1. The number of hydrogen-bond acceptors (Lipinski definition) is 9. The van der Waals surface area contributed by atoms with Crippen molar-refractivity contribution in [1.82, 2.24) is 14.3 Å². The van der Waals surface area contributed by atoms with Crippen LogP contribution < -0.4 is 15.4 Å². The molecule has 0 spiro atoms. The number of carboxylic acids is 1. The normalized spacial score (nSPS) is 16.2. The summed E-state index contributed by atoms with van der Waals surface area (Å²) >= 11 is 1.27. The van der Waals surface area contributed by atoms with Crippen molar-refractivity contribution in [1.29, 1.82) is 0 Å². The van der Waals surface area contributed by atoms with Crippen molar-refractivity contribution < 1.29 is 45.0 Å². The molecule has 1 fully saturated rings. The number of piperazine rings is 1. The molecule has 1 aliphatic rings. The van der Waals surface area contributed by atoms with E-state index in [0.29, 0.717) is 22.0 Å². The lowest BCUT2D eigenvalue weighted by molar-refractivity contribution is -0.274. The summed E-state index contributed by atoms with van der Waals surface area (Å²) in [5.41, 5.74) is 6.94. The maximum absolute atomic E-state index is 13.1. The van der Waals surface area contributed by atoms with Crippen LogP contribution in [0.1, 0.15) is 24.5 Å². The first kappa shape index (κ1) is 34.0. The van der Waals surface area contributed by atoms with Crippen molar-refractivity contribution in [3.63, 3.8) is 0 Å². The van der Waals surface area contributed by atoms with Crippen LogP contribution in [-0.2, 0) is 27.3 Å². The van der Waals surface area contributed by atoms with Crippen LogP contribution in [-0.4, -0.2) is 65.8 Å². The Bertz CT molecular complexity index is 1690. The molecule has 0 bridgehead atoms. The zero-order chi connectivity index (χ0) is 33.0. The van der Waals surface area contributed by atoms with Gasteiger partial charge >= 0.3 is 12.3 Å². The zero-order valence-corrected chi connectivity index (χ0v) is 25.2. The fourth-order valence-corrected chi connectivity index (χ4v) is 6.87. The number of alkyl halides is 5. The average molecular weight is 674 g/mol. The molecule has 4 aromatic rings. The molecule has 0 saturated carbocycles. The number of nitrogens with two attached hydrogens (primary N) is 1. The van der Waals surface area contributed by atoms with Gasteiger partial charge < -0.3 is 20.5 Å². The summed E-state index contributed by atoms with van der Waals surface area (Å²) in [6, 6.07) is 11.8. The van der Waals surface area contributed by atoms with Crippen LogP contribution in [0.4, 0.5) is 27.1 Å². The van der Waals surface area contributed by atoms with Gasteiger partial charge in [0, 0.05) is 44.4 Å². The Balaban J connectivity index is 0.000000297. The van der Waals surface area contributed by atoms with Crippen molar-refractivity contribution in [3.05, 3.63) is 78.0 Å². The van der Waals surface area contributed by atoms with Gasteiger partial charge in [-0.2, -0.15) is 4.31 Å². The highest BCUT2D eigenvalue weighted by Crippen LogP contribution is 2.32. The highest BCUT2D eigenvalue weighted by Gasteiger charge is 2.41. The van der Waals surface area contributed by atoms with E-state index in [1.165, 1.54) is 30.4 Å². The Labute approximate surface area is 258 Å². The smallest absolute Gasteiger partial charge is 0.480 e. The number of fused-ring (bicyclic) bond motifs is 1. The van der Waals surface area contributed by atoms with Gasteiger partial charge in [0.15, 0.2) is 5.13 Å². The molecule has 242 valence electrons. The minimum atomic E-state index is -4.92. The zero-order valence-electron chi connectivity index (χ0n) is 23.6. The number of pyridine rings is 1. The Morgan fingerprint density at radius 3 is 2.29 bits per heavy atom. The molecule has 2 aromatic carbocycles. The van der Waals surface area contributed by atoms with Crippen LogP contribution in [0.3, 0.4) is 0 Å². The molecule has 45 heavy (non-hydrogen) atoms. The molecular weight excluding hydrogens is 645 g/mol. The first-order valence-corrected chi connectivity index (χ1v) is 15.6. The second kappa shape index (κ2) is 13.6. The lowest BCUT2D eigenvalue weighted by atomic mass is 10.0. The molecule has 17 heteroatoms. The van der Waals surface area contributed by atoms with Gasteiger partial charge in [0.2, 0.25) is 10.0 Å². The third-order valence-corrected chi connectivity index (χ3v) is 9.72. The predicted octanol–water partition coefficient (Wildman–Crippen LogP) is 5.20. The molecule has 5 rings (SSSR count). The van der Waals surface area contributed by atoms with E-state index in [2.05, 4.69) is 14.7 Å². The number of anilines is 1. The largest absolute Gasteiger partial charge is 0.573 e. The number of thiazole rings is 1. The van der Waals surface area contributed by atoms with Gasteiger partial charge in [-0.15, -0.1) is 13.2 Å².